The maximum atomic E-state index is 3.52. The van der Waals surface area contributed by atoms with Gasteiger partial charge in [-0.2, -0.15) is 0 Å². The van der Waals surface area contributed by atoms with Crippen molar-refractivity contribution in [1.29, 1.82) is 0 Å². The number of piperazine rings is 1. The lowest BCUT2D eigenvalue weighted by Crippen LogP contribution is -2.53. The van der Waals surface area contributed by atoms with E-state index in [1.807, 2.05) is 11.3 Å². The third-order valence-corrected chi connectivity index (χ3v) is 5.22. The molecule has 0 bridgehead atoms. The highest BCUT2D eigenvalue weighted by Gasteiger charge is 2.19. The van der Waals surface area contributed by atoms with Crippen LogP contribution in [0.2, 0.25) is 0 Å². The summed E-state index contributed by atoms with van der Waals surface area (Å²) in [6.07, 6.45) is 1.15. The zero-order valence-electron chi connectivity index (χ0n) is 11.2. The molecular formula is C13H22BrN3S. The zero-order valence-corrected chi connectivity index (χ0v) is 13.6. The molecule has 18 heavy (non-hydrogen) atoms. The van der Waals surface area contributed by atoms with Gasteiger partial charge in [-0.1, -0.05) is 0 Å². The summed E-state index contributed by atoms with van der Waals surface area (Å²) in [7, 11) is 4.46. The fourth-order valence-corrected chi connectivity index (χ4v) is 3.78. The van der Waals surface area contributed by atoms with Crippen molar-refractivity contribution < 1.29 is 0 Å². The minimum atomic E-state index is 0.652. The van der Waals surface area contributed by atoms with Crippen molar-refractivity contribution >= 4 is 27.3 Å². The fourth-order valence-electron chi connectivity index (χ4n) is 2.30. The first-order chi connectivity index (χ1) is 8.65. The van der Waals surface area contributed by atoms with E-state index in [0.717, 1.165) is 39.1 Å². The van der Waals surface area contributed by atoms with E-state index in [1.54, 1.807) is 0 Å². The van der Waals surface area contributed by atoms with E-state index in [4.69, 9.17) is 0 Å². The molecule has 0 saturated carbocycles. The highest BCUT2D eigenvalue weighted by molar-refractivity contribution is 9.11. The number of nitrogens with one attached hydrogen (secondary N) is 1. The van der Waals surface area contributed by atoms with Crippen LogP contribution in [0, 0.1) is 0 Å². The maximum absolute atomic E-state index is 3.52. The van der Waals surface area contributed by atoms with Gasteiger partial charge in [0.25, 0.3) is 0 Å². The minimum Gasteiger partial charge on any atom is -0.314 e. The van der Waals surface area contributed by atoms with Crippen molar-refractivity contribution in [3.63, 3.8) is 0 Å². The Hall–Kier alpha value is 0.0600. The molecule has 1 aromatic rings. The highest BCUT2D eigenvalue weighted by atomic mass is 79.9. The van der Waals surface area contributed by atoms with Crippen molar-refractivity contribution in [3.8, 4) is 0 Å². The summed E-state index contributed by atoms with van der Waals surface area (Å²) in [4.78, 5) is 6.38. The lowest BCUT2D eigenvalue weighted by atomic mass is 10.2. The van der Waals surface area contributed by atoms with Gasteiger partial charge in [-0.25, -0.2) is 0 Å². The number of hydrogen-bond acceptors (Lipinski definition) is 4. The Morgan fingerprint density at radius 1 is 1.56 bits per heavy atom. The Morgan fingerprint density at radius 2 is 2.39 bits per heavy atom. The molecule has 0 aromatic carbocycles. The smallest absolute Gasteiger partial charge is 0.0701 e. The average Bonchev–Trinajstić information content (AvgIpc) is 2.76. The number of thiophene rings is 1. The molecule has 1 aliphatic rings. The van der Waals surface area contributed by atoms with Crippen LogP contribution in [0.4, 0.5) is 0 Å². The second-order valence-electron chi connectivity index (χ2n) is 5.06. The molecule has 0 radical (unpaired) electrons. The van der Waals surface area contributed by atoms with Gasteiger partial charge >= 0.3 is 0 Å². The van der Waals surface area contributed by atoms with Crippen LogP contribution in [0.3, 0.4) is 0 Å². The lowest BCUT2D eigenvalue weighted by Gasteiger charge is -2.35. The summed E-state index contributed by atoms with van der Waals surface area (Å²) in [6, 6.07) is 5.01. The minimum absolute atomic E-state index is 0.652. The Kier molecular flexibility index (Phi) is 5.63. The Labute approximate surface area is 122 Å². The van der Waals surface area contributed by atoms with E-state index in [1.165, 1.54) is 8.66 Å². The van der Waals surface area contributed by atoms with Crippen LogP contribution >= 0.6 is 27.3 Å². The molecule has 1 N–H and O–H groups in total. The molecule has 1 fully saturated rings. The van der Waals surface area contributed by atoms with E-state index < -0.39 is 0 Å². The molecule has 0 spiro atoms. The molecule has 102 valence electrons. The van der Waals surface area contributed by atoms with Gasteiger partial charge in [0.2, 0.25) is 0 Å². The summed E-state index contributed by atoms with van der Waals surface area (Å²) >= 11 is 5.36. The van der Waals surface area contributed by atoms with Crippen LogP contribution in [-0.4, -0.2) is 62.7 Å². The van der Waals surface area contributed by atoms with Crippen LogP contribution < -0.4 is 5.32 Å². The van der Waals surface area contributed by atoms with Gasteiger partial charge in [0.15, 0.2) is 0 Å². The molecule has 1 saturated heterocycles. The molecule has 1 unspecified atom stereocenters. The number of hydrogen-bond donors (Lipinski definition) is 1. The van der Waals surface area contributed by atoms with E-state index in [9.17, 15) is 0 Å². The van der Waals surface area contributed by atoms with E-state index in [0.29, 0.717) is 6.04 Å². The van der Waals surface area contributed by atoms with E-state index in [2.05, 4.69) is 57.3 Å². The Morgan fingerprint density at radius 3 is 3.06 bits per heavy atom. The molecule has 1 aliphatic heterocycles. The Bertz CT molecular complexity index is 369. The molecule has 2 rings (SSSR count). The average molecular weight is 332 g/mol. The second-order valence-corrected chi connectivity index (χ2v) is 7.60. The normalized spacial score (nSPS) is 21.7. The van der Waals surface area contributed by atoms with Gasteiger partial charge in [0.05, 0.1) is 3.79 Å². The van der Waals surface area contributed by atoms with Gasteiger partial charge in [-0.3, -0.25) is 4.90 Å². The highest BCUT2D eigenvalue weighted by Crippen LogP contribution is 2.22. The summed E-state index contributed by atoms with van der Waals surface area (Å²) in [5, 5.41) is 3.48. The molecule has 3 nitrogen and oxygen atoms in total. The van der Waals surface area contributed by atoms with Crippen molar-refractivity contribution in [2.75, 3.05) is 46.8 Å². The standard InChI is InChI=1S/C13H22BrN3S/c1-16(7-5-12-3-4-13(14)18-12)10-11-9-15-6-8-17(11)2/h3-4,11,15H,5-10H2,1-2H3. The van der Waals surface area contributed by atoms with Gasteiger partial charge in [-0.15, -0.1) is 11.3 Å². The monoisotopic (exact) mass is 331 g/mol. The summed E-state index contributed by atoms with van der Waals surface area (Å²) < 4.78 is 1.23. The van der Waals surface area contributed by atoms with Crippen LogP contribution in [0.25, 0.3) is 0 Å². The summed E-state index contributed by atoms with van der Waals surface area (Å²) in [5.41, 5.74) is 0. The van der Waals surface area contributed by atoms with Gasteiger partial charge in [0, 0.05) is 43.6 Å². The van der Waals surface area contributed by atoms with E-state index >= 15 is 0 Å². The zero-order chi connectivity index (χ0) is 13.0. The van der Waals surface area contributed by atoms with Crippen molar-refractivity contribution in [1.82, 2.24) is 15.1 Å². The van der Waals surface area contributed by atoms with Crippen LogP contribution in [-0.2, 0) is 6.42 Å². The molecule has 2 heterocycles. The van der Waals surface area contributed by atoms with Crippen molar-refractivity contribution in [3.05, 3.63) is 20.8 Å². The first-order valence-electron chi connectivity index (χ1n) is 6.49. The molecule has 0 aliphatic carbocycles. The van der Waals surface area contributed by atoms with Crippen LogP contribution in [0.5, 0.6) is 0 Å². The largest absolute Gasteiger partial charge is 0.314 e. The number of rotatable bonds is 5. The topological polar surface area (TPSA) is 18.5 Å². The van der Waals surface area contributed by atoms with Gasteiger partial charge < -0.3 is 10.2 Å². The van der Waals surface area contributed by atoms with Crippen molar-refractivity contribution in [2.24, 2.45) is 0 Å². The predicted molar refractivity (Wildman–Crippen MR) is 82.5 cm³/mol. The second kappa shape index (κ2) is 7.01. The summed E-state index contributed by atoms with van der Waals surface area (Å²) in [5.74, 6) is 0. The van der Waals surface area contributed by atoms with E-state index in [-0.39, 0.29) is 0 Å². The molecular weight excluding hydrogens is 310 g/mol. The maximum Gasteiger partial charge on any atom is 0.0701 e. The summed E-state index contributed by atoms with van der Waals surface area (Å²) in [6.45, 7) is 5.69. The predicted octanol–water partition coefficient (Wildman–Crippen LogP) is 1.89. The first kappa shape index (κ1) is 14.5. The SMILES string of the molecule is CN(CCc1ccc(Br)s1)CC1CNCCN1C. The molecule has 1 aromatic heterocycles. The quantitative estimate of drug-likeness (QED) is 0.888. The molecule has 0 amide bonds. The number of likely N-dealkylation sites (N-methyl/N-ethyl adjacent to an activating group) is 2. The third-order valence-electron chi connectivity index (χ3n) is 3.54. The molecule has 1 atom stereocenters. The van der Waals surface area contributed by atoms with Crippen LogP contribution in [0.1, 0.15) is 4.88 Å². The Balaban J connectivity index is 1.72. The molecule has 5 heteroatoms. The lowest BCUT2D eigenvalue weighted by molar-refractivity contribution is 0.153. The van der Waals surface area contributed by atoms with Crippen molar-refractivity contribution in [2.45, 2.75) is 12.5 Å². The first-order valence-corrected chi connectivity index (χ1v) is 8.10. The number of nitrogens with zero attached hydrogens (tertiary/aromatic N) is 2. The van der Waals surface area contributed by atoms with Crippen LogP contribution in [0.15, 0.2) is 15.9 Å². The van der Waals surface area contributed by atoms with Gasteiger partial charge in [-0.05, 0) is 48.6 Å². The van der Waals surface area contributed by atoms with Gasteiger partial charge in [0.1, 0.15) is 0 Å². The fraction of sp³-hybridized carbons (Fsp3) is 0.692. The number of halogens is 1. The third kappa shape index (κ3) is 4.31.